The van der Waals surface area contributed by atoms with Crippen molar-refractivity contribution in [2.75, 3.05) is 14.2 Å². The first-order valence-corrected chi connectivity index (χ1v) is 7.35. The Balaban J connectivity index is 2.29. The first-order chi connectivity index (χ1) is 9.40. The summed E-state index contributed by atoms with van der Waals surface area (Å²) in [7, 11) is 3.25. The fourth-order valence-electron chi connectivity index (χ4n) is 3.07. The fraction of sp³-hybridized carbons (Fsp3) is 0.647. The molecule has 0 spiro atoms. The highest BCUT2D eigenvalue weighted by atomic mass is 16.5. The molecule has 1 unspecified atom stereocenters. The van der Waals surface area contributed by atoms with Gasteiger partial charge in [-0.1, -0.05) is 19.9 Å². The van der Waals surface area contributed by atoms with E-state index in [2.05, 4.69) is 13.8 Å². The van der Waals surface area contributed by atoms with Crippen LogP contribution in [0, 0.1) is 5.41 Å². The highest BCUT2D eigenvalue weighted by Crippen LogP contribution is 2.44. The Morgan fingerprint density at radius 2 is 1.65 bits per heavy atom. The van der Waals surface area contributed by atoms with Gasteiger partial charge in [0.05, 0.1) is 19.8 Å². The summed E-state index contributed by atoms with van der Waals surface area (Å²) in [6.45, 7) is 4.57. The maximum Gasteiger partial charge on any atom is 0.161 e. The van der Waals surface area contributed by atoms with Crippen molar-refractivity contribution in [3.63, 3.8) is 0 Å². The lowest BCUT2D eigenvalue weighted by atomic mass is 9.82. The first kappa shape index (κ1) is 15.2. The van der Waals surface area contributed by atoms with Crippen molar-refractivity contribution in [2.24, 2.45) is 5.41 Å². The third-order valence-electron chi connectivity index (χ3n) is 4.58. The van der Waals surface area contributed by atoms with Gasteiger partial charge >= 0.3 is 0 Å². The second-order valence-corrected chi connectivity index (χ2v) is 6.62. The van der Waals surface area contributed by atoms with Crippen molar-refractivity contribution in [2.45, 2.75) is 51.6 Å². The molecule has 3 heteroatoms. The van der Waals surface area contributed by atoms with Crippen LogP contribution in [-0.4, -0.2) is 19.3 Å². The smallest absolute Gasteiger partial charge is 0.161 e. The molecule has 20 heavy (non-hydrogen) atoms. The van der Waals surface area contributed by atoms with Crippen molar-refractivity contribution >= 4 is 0 Å². The van der Waals surface area contributed by atoms with E-state index in [1.54, 1.807) is 14.2 Å². The van der Waals surface area contributed by atoms with Crippen LogP contribution in [0.1, 0.15) is 51.5 Å². The van der Waals surface area contributed by atoms with Crippen LogP contribution < -0.4 is 9.47 Å². The van der Waals surface area contributed by atoms with E-state index in [4.69, 9.17) is 9.47 Å². The van der Waals surface area contributed by atoms with Gasteiger partial charge in [-0.2, -0.15) is 0 Å². The molecule has 0 saturated heterocycles. The first-order valence-electron chi connectivity index (χ1n) is 7.35. The highest BCUT2D eigenvalue weighted by molar-refractivity contribution is 5.44. The van der Waals surface area contributed by atoms with Gasteiger partial charge in [0.15, 0.2) is 11.5 Å². The molecule has 112 valence electrons. The van der Waals surface area contributed by atoms with E-state index in [-0.39, 0.29) is 0 Å². The summed E-state index contributed by atoms with van der Waals surface area (Å²) >= 11 is 0. The maximum absolute atomic E-state index is 11.0. The lowest BCUT2D eigenvalue weighted by Crippen LogP contribution is -2.25. The second kappa shape index (κ2) is 5.65. The topological polar surface area (TPSA) is 38.7 Å². The molecular weight excluding hydrogens is 252 g/mol. The van der Waals surface area contributed by atoms with Gasteiger partial charge in [0.25, 0.3) is 0 Å². The molecule has 0 aromatic heterocycles. The Bertz CT molecular complexity index is 467. The second-order valence-electron chi connectivity index (χ2n) is 6.62. The van der Waals surface area contributed by atoms with Gasteiger partial charge in [-0.25, -0.2) is 0 Å². The molecule has 3 nitrogen and oxygen atoms in total. The SMILES string of the molecule is COc1ccc(C2(O)CCCC(C)(C)CC2)cc1OC. The Morgan fingerprint density at radius 1 is 0.950 bits per heavy atom. The Kier molecular flexibility index (Phi) is 4.28. The number of hydrogen-bond donors (Lipinski definition) is 1. The standard InChI is InChI=1S/C17H26O3/c1-16(2)8-5-9-17(18,11-10-16)13-6-7-14(19-3)15(12-13)20-4/h6-7,12,18H,5,8-11H2,1-4H3. The van der Waals surface area contributed by atoms with E-state index >= 15 is 0 Å². The van der Waals surface area contributed by atoms with Gasteiger partial charge < -0.3 is 14.6 Å². The van der Waals surface area contributed by atoms with Gasteiger partial charge in [0.1, 0.15) is 0 Å². The van der Waals surface area contributed by atoms with Crippen LogP contribution in [0.15, 0.2) is 18.2 Å². The molecule has 1 aliphatic carbocycles. The summed E-state index contributed by atoms with van der Waals surface area (Å²) in [5, 5.41) is 11.0. The molecule has 0 aliphatic heterocycles. The molecule has 1 saturated carbocycles. The van der Waals surface area contributed by atoms with E-state index < -0.39 is 5.60 Å². The fourth-order valence-corrected chi connectivity index (χ4v) is 3.07. The normalized spacial score (nSPS) is 25.9. The molecule has 0 radical (unpaired) electrons. The summed E-state index contributed by atoms with van der Waals surface area (Å²) in [5.41, 5.74) is 0.516. The van der Waals surface area contributed by atoms with Crippen LogP contribution in [0.2, 0.25) is 0 Å². The molecule has 1 aliphatic rings. The zero-order valence-electron chi connectivity index (χ0n) is 13.0. The summed E-state index contributed by atoms with van der Waals surface area (Å²) in [4.78, 5) is 0. The average molecular weight is 278 g/mol. The van der Waals surface area contributed by atoms with Crippen molar-refractivity contribution in [1.29, 1.82) is 0 Å². The van der Waals surface area contributed by atoms with Crippen molar-refractivity contribution < 1.29 is 14.6 Å². The summed E-state index contributed by atoms with van der Waals surface area (Å²) < 4.78 is 10.6. The predicted molar refractivity (Wildman–Crippen MR) is 80.3 cm³/mol. The zero-order valence-corrected chi connectivity index (χ0v) is 13.0. The number of methoxy groups -OCH3 is 2. The Morgan fingerprint density at radius 3 is 2.30 bits per heavy atom. The summed E-state index contributed by atoms with van der Waals surface area (Å²) in [6.07, 6.45) is 4.87. The lowest BCUT2D eigenvalue weighted by Gasteiger charge is -2.29. The summed E-state index contributed by atoms with van der Waals surface area (Å²) in [5.74, 6) is 1.38. The van der Waals surface area contributed by atoms with Gasteiger partial charge in [-0.05, 0) is 55.2 Å². The van der Waals surface area contributed by atoms with Gasteiger partial charge in [-0.15, -0.1) is 0 Å². The monoisotopic (exact) mass is 278 g/mol. The Labute approximate surface area is 121 Å². The molecule has 0 heterocycles. The van der Waals surface area contributed by atoms with Crippen LogP contribution in [0.4, 0.5) is 0 Å². The molecule has 0 bridgehead atoms. The minimum Gasteiger partial charge on any atom is -0.493 e. The van der Waals surface area contributed by atoms with Crippen LogP contribution >= 0.6 is 0 Å². The number of hydrogen-bond acceptors (Lipinski definition) is 3. The number of rotatable bonds is 3. The number of benzene rings is 1. The summed E-state index contributed by atoms with van der Waals surface area (Å²) in [6, 6.07) is 5.75. The molecule has 0 amide bonds. The van der Waals surface area contributed by atoms with Crippen molar-refractivity contribution in [3.05, 3.63) is 23.8 Å². The van der Waals surface area contributed by atoms with Gasteiger partial charge in [-0.3, -0.25) is 0 Å². The third kappa shape index (κ3) is 3.09. The van der Waals surface area contributed by atoms with E-state index in [1.165, 1.54) is 6.42 Å². The lowest BCUT2D eigenvalue weighted by molar-refractivity contribution is 0.0178. The molecule has 2 rings (SSSR count). The third-order valence-corrected chi connectivity index (χ3v) is 4.58. The van der Waals surface area contributed by atoms with Crippen LogP contribution in [-0.2, 0) is 5.60 Å². The minimum absolute atomic E-state index is 0.320. The van der Waals surface area contributed by atoms with E-state index in [0.717, 1.165) is 31.2 Å². The molecule has 1 fully saturated rings. The van der Waals surface area contributed by atoms with Crippen molar-refractivity contribution in [3.8, 4) is 11.5 Å². The largest absolute Gasteiger partial charge is 0.493 e. The predicted octanol–water partition coefficient (Wildman–Crippen LogP) is 3.88. The zero-order chi connectivity index (χ0) is 14.8. The van der Waals surface area contributed by atoms with Gasteiger partial charge in [0, 0.05) is 0 Å². The average Bonchev–Trinajstić information content (AvgIpc) is 2.57. The molecule has 1 aromatic carbocycles. The Hall–Kier alpha value is -1.22. The minimum atomic E-state index is -0.743. The highest BCUT2D eigenvalue weighted by Gasteiger charge is 2.35. The van der Waals surface area contributed by atoms with E-state index in [1.807, 2.05) is 18.2 Å². The van der Waals surface area contributed by atoms with Gasteiger partial charge in [0.2, 0.25) is 0 Å². The van der Waals surface area contributed by atoms with Crippen LogP contribution in [0.3, 0.4) is 0 Å². The molecule has 1 atom stereocenters. The quantitative estimate of drug-likeness (QED) is 0.853. The van der Waals surface area contributed by atoms with E-state index in [9.17, 15) is 5.11 Å². The number of aliphatic hydroxyl groups is 1. The number of ether oxygens (including phenoxy) is 2. The van der Waals surface area contributed by atoms with Crippen LogP contribution in [0.5, 0.6) is 11.5 Å². The van der Waals surface area contributed by atoms with E-state index in [0.29, 0.717) is 16.9 Å². The molecular formula is C17H26O3. The molecule has 1 aromatic rings. The maximum atomic E-state index is 11.0. The van der Waals surface area contributed by atoms with Crippen molar-refractivity contribution in [1.82, 2.24) is 0 Å². The molecule has 1 N–H and O–H groups in total. The van der Waals surface area contributed by atoms with Crippen LogP contribution in [0.25, 0.3) is 0 Å².